The largest absolute Gasteiger partial charge is 0.492 e. The van der Waals surface area contributed by atoms with Crippen LogP contribution in [0.25, 0.3) is 11.6 Å². The van der Waals surface area contributed by atoms with Gasteiger partial charge in [0.1, 0.15) is 24.1 Å². The van der Waals surface area contributed by atoms with E-state index in [2.05, 4.69) is 15.2 Å². The van der Waals surface area contributed by atoms with Gasteiger partial charge in [-0.2, -0.15) is 4.31 Å². The van der Waals surface area contributed by atoms with Crippen molar-refractivity contribution in [2.45, 2.75) is 18.9 Å². The number of hydrogen-bond donors (Lipinski definition) is 0. The van der Waals surface area contributed by atoms with Crippen molar-refractivity contribution in [2.24, 2.45) is 0 Å². The van der Waals surface area contributed by atoms with Crippen molar-refractivity contribution in [2.75, 3.05) is 18.9 Å². The number of sulfonamides is 1. The minimum Gasteiger partial charge on any atom is -0.492 e. The molecule has 28 heavy (non-hydrogen) atoms. The summed E-state index contributed by atoms with van der Waals surface area (Å²) < 4.78 is 38.4. The number of aromatic nitrogens is 3. The maximum atomic E-state index is 12.8. The molecule has 0 radical (unpaired) electrons. The highest BCUT2D eigenvalue weighted by atomic mass is 32.2. The van der Waals surface area contributed by atoms with Crippen molar-refractivity contribution in [1.29, 1.82) is 0 Å². The predicted octanol–water partition coefficient (Wildman–Crippen LogP) is 2.68. The molecule has 8 nitrogen and oxygen atoms in total. The molecule has 1 aromatic carbocycles. The van der Waals surface area contributed by atoms with E-state index in [4.69, 9.17) is 9.15 Å². The minimum absolute atomic E-state index is 0.0819. The van der Waals surface area contributed by atoms with Crippen LogP contribution in [0.2, 0.25) is 0 Å². The number of para-hydroxylation sites is 1. The molecule has 1 atom stereocenters. The van der Waals surface area contributed by atoms with Gasteiger partial charge in [0.15, 0.2) is 0 Å². The number of benzene rings is 1. The minimum atomic E-state index is -3.52. The van der Waals surface area contributed by atoms with E-state index < -0.39 is 16.1 Å². The average Bonchev–Trinajstić information content (AvgIpc) is 3.39. The average molecular weight is 400 g/mol. The molecule has 0 saturated carbocycles. The highest BCUT2D eigenvalue weighted by Gasteiger charge is 2.38. The summed E-state index contributed by atoms with van der Waals surface area (Å²) >= 11 is 0. The van der Waals surface area contributed by atoms with Gasteiger partial charge in [-0.3, -0.25) is 4.98 Å². The molecular weight excluding hydrogens is 380 g/mol. The van der Waals surface area contributed by atoms with Gasteiger partial charge >= 0.3 is 0 Å². The van der Waals surface area contributed by atoms with E-state index in [1.165, 1.54) is 4.31 Å². The summed E-state index contributed by atoms with van der Waals surface area (Å²) in [6, 6.07) is 14.1. The van der Waals surface area contributed by atoms with Crippen molar-refractivity contribution in [3.05, 3.63) is 60.6 Å². The van der Waals surface area contributed by atoms with Gasteiger partial charge in [-0.05, 0) is 37.1 Å². The fourth-order valence-electron chi connectivity index (χ4n) is 3.18. The second kappa shape index (κ2) is 8.07. The van der Waals surface area contributed by atoms with Crippen LogP contribution in [0.15, 0.2) is 59.1 Å². The van der Waals surface area contributed by atoms with Crippen LogP contribution in [0.1, 0.15) is 24.8 Å². The summed E-state index contributed by atoms with van der Waals surface area (Å²) in [7, 11) is -3.52. The maximum absolute atomic E-state index is 12.8. The normalized spacial score (nSPS) is 17.6. The van der Waals surface area contributed by atoms with E-state index in [1.807, 2.05) is 24.3 Å². The Hall–Kier alpha value is -2.78. The van der Waals surface area contributed by atoms with Gasteiger partial charge in [0.25, 0.3) is 5.89 Å². The SMILES string of the molecule is O=S(=O)(CCOc1ccccc1)N1CCCC1c1nnc(-c2ccccn2)o1. The number of nitrogens with zero attached hydrogens (tertiary/aromatic N) is 4. The van der Waals surface area contributed by atoms with Crippen LogP contribution in [0.4, 0.5) is 0 Å². The van der Waals surface area contributed by atoms with Gasteiger partial charge in [0.2, 0.25) is 15.9 Å². The van der Waals surface area contributed by atoms with Gasteiger partial charge in [-0.25, -0.2) is 8.42 Å². The first-order valence-corrected chi connectivity index (χ1v) is 10.7. The van der Waals surface area contributed by atoms with Crippen LogP contribution in [-0.4, -0.2) is 46.8 Å². The zero-order valence-corrected chi connectivity index (χ0v) is 16.0. The molecular formula is C19H20N4O4S. The molecule has 9 heteroatoms. The molecule has 0 bridgehead atoms. The van der Waals surface area contributed by atoms with Gasteiger partial charge in [0.05, 0.1) is 5.75 Å². The smallest absolute Gasteiger partial charge is 0.266 e. The second-order valence-electron chi connectivity index (χ2n) is 6.41. The fourth-order valence-corrected chi connectivity index (χ4v) is 4.70. The van der Waals surface area contributed by atoms with E-state index in [0.717, 1.165) is 6.42 Å². The molecule has 146 valence electrons. The Balaban J connectivity index is 1.45. The van der Waals surface area contributed by atoms with E-state index in [9.17, 15) is 8.42 Å². The third-order valence-electron chi connectivity index (χ3n) is 4.52. The predicted molar refractivity (Wildman–Crippen MR) is 102 cm³/mol. The van der Waals surface area contributed by atoms with Crippen LogP contribution in [0.5, 0.6) is 5.75 Å². The molecule has 2 aromatic heterocycles. The molecule has 0 amide bonds. The molecule has 0 aliphatic carbocycles. The molecule has 1 saturated heterocycles. The fraction of sp³-hybridized carbons (Fsp3) is 0.316. The van der Waals surface area contributed by atoms with Crippen molar-refractivity contribution in [3.8, 4) is 17.3 Å². The molecule has 0 spiro atoms. The zero-order chi connectivity index (χ0) is 19.4. The van der Waals surface area contributed by atoms with Crippen LogP contribution in [0, 0.1) is 0 Å². The molecule has 0 N–H and O–H groups in total. The summed E-state index contributed by atoms with van der Waals surface area (Å²) in [5, 5.41) is 8.10. The monoisotopic (exact) mass is 400 g/mol. The Morgan fingerprint density at radius 3 is 2.71 bits per heavy atom. The molecule has 1 unspecified atom stereocenters. The van der Waals surface area contributed by atoms with E-state index >= 15 is 0 Å². The van der Waals surface area contributed by atoms with Crippen LogP contribution in [-0.2, 0) is 10.0 Å². The maximum Gasteiger partial charge on any atom is 0.266 e. The molecule has 3 aromatic rings. The third-order valence-corrected chi connectivity index (χ3v) is 6.36. The summed E-state index contributed by atoms with van der Waals surface area (Å²) in [4.78, 5) is 4.18. The first kappa shape index (κ1) is 18.6. The van der Waals surface area contributed by atoms with E-state index in [1.54, 1.807) is 30.5 Å². The van der Waals surface area contributed by atoms with Crippen molar-refractivity contribution >= 4 is 10.0 Å². The zero-order valence-electron chi connectivity index (χ0n) is 15.1. The summed E-state index contributed by atoms with van der Waals surface area (Å²) in [5.41, 5.74) is 0.560. The Bertz CT molecular complexity index is 1010. The van der Waals surface area contributed by atoms with Crippen LogP contribution < -0.4 is 4.74 Å². The second-order valence-corrected chi connectivity index (χ2v) is 8.45. The van der Waals surface area contributed by atoms with Crippen molar-refractivity contribution in [3.63, 3.8) is 0 Å². The van der Waals surface area contributed by atoms with Gasteiger partial charge in [0, 0.05) is 12.7 Å². The molecule has 1 fully saturated rings. The topological polar surface area (TPSA) is 98.4 Å². The lowest BCUT2D eigenvalue weighted by atomic mass is 10.2. The Morgan fingerprint density at radius 1 is 1.11 bits per heavy atom. The van der Waals surface area contributed by atoms with Crippen molar-refractivity contribution < 1.29 is 17.6 Å². The molecule has 1 aliphatic rings. The first-order chi connectivity index (χ1) is 13.6. The Morgan fingerprint density at radius 2 is 1.93 bits per heavy atom. The molecule has 1 aliphatic heterocycles. The molecule has 4 rings (SSSR count). The van der Waals surface area contributed by atoms with E-state index in [-0.39, 0.29) is 18.3 Å². The number of pyridine rings is 1. The summed E-state index contributed by atoms with van der Waals surface area (Å²) in [6.07, 6.45) is 3.02. The summed E-state index contributed by atoms with van der Waals surface area (Å²) in [6.45, 7) is 0.512. The number of hydrogen-bond acceptors (Lipinski definition) is 7. The lowest BCUT2D eigenvalue weighted by Gasteiger charge is -2.21. The van der Waals surface area contributed by atoms with E-state index in [0.29, 0.717) is 30.3 Å². The van der Waals surface area contributed by atoms with Gasteiger partial charge in [-0.1, -0.05) is 24.3 Å². The third kappa shape index (κ3) is 4.05. The van der Waals surface area contributed by atoms with Crippen molar-refractivity contribution in [1.82, 2.24) is 19.5 Å². The standard InChI is InChI=1S/C19H20N4O4S/c24-28(25,14-13-26-15-7-2-1-3-8-15)23-12-6-10-17(23)19-22-21-18(27-19)16-9-4-5-11-20-16/h1-5,7-9,11,17H,6,10,12-14H2. The number of rotatable bonds is 7. The Kier molecular flexibility index (Phi) is 5.36. The highest BCUT2D eigenvalue weighted by Crippen LogP contribution is 2.34. The first-order valence-electron chi connectivity index (χ1n) is 9.06. The highest BCUT2D eigenvalue weighted by molar-refractivity contribution is 7.89. The number of ether oxygens (including phenoxy) is 1. The Labute approximate surface area is 163 Å². The van der Waals surface area contributed by atoms with Gasteiger partial charge in [-0.15, -0.1) is 10.2 Å². The lowest BCUT2D eigenvalue weighted by Crippen LogP contribution is -2.34. The summed E-state index contributed by atoms with van der Waals surface area (Å²) in [5.74, 6) is 1.12. The quantitative estimate of drug-likeness (QED) is 0.601. The van der Waals surface area contributed by atoms with Crippen LogP contribution in [0.3, 0.4) is 0 Å². The molecule has 3 heterocycles. The lowest BCUT2D eigenvalue weighted by molar-refractivity contribution is 0.316. The van der Waals surface area contributed by atoms with Gasteiger partial charge < -0.3 is 9.15 Å². The van der Waals surface area contributed by atoms with Crippen LogP contribution >= 0.6 is 0 Å².